The van der Waals surface area contributed by atoms with Crippen LogP contribution in [0.5, 0.6) is 0 Å². The Morgan fingerprint density at radius 3 is 2.75 bits per heavy atom. The van der Waals surface area contributed by atoms with Crippen molar-refractivity contribution in [3.05, 3.63) is 63.9 Å². The zero-order valence-electron chi connectivity index (χ0n) is 11.0. The van der Waals surface area contributed by atoms with E-state index in [1.54, 1.807) is 12.4 Å². The molecule has 0 saturated heterocycles. The van der Waals surface area contributed by atoms with Crippen molar-refractivity contribution in [1.29, 1.82) is 0 Å². The lowest BCUT2D eigenvalue weighted by Gasteiger charge is -2.20. The molecule has 20 heavy (non-hydrogen) atoms. The molecule has 2 rings (SSSR count). The monoisotopic (exact) mass is 340 g/mol. The van der Waals surface area contributed by atoms with Gasteiger partial charge in [0.1, 0.15) is 11.6 Å². The highest BCUT2D eigenvalue weighted by atomic mass is 79.9. The highest BCUT2D eigenvalue weighted by Gasteiger charge is 2.21. The number of rotatable bonds is 5. The van der Waals surface area contributed by atoms with Gasteiger partial charge in [0.2, 0.25) is 0 Å². The van der Waals surface area contributed by atoms with E-state index >= 15 is 0 Å². The third-order valence-electron chi connectivity index (χ3n) is 3.04. The molecule has 2 nitrogen and oxygen atoms in total. The molecule has 0 aliphatic rings. The average molecular weight is 341 g/mol. The number of nitrogens with zero attached hydrogens (tertiary/aromatic N) is 1. The Labute approximate surface area is 125 Å². The Kier molecular flexibility index (Phi) is 5.20. The summed E-state index contributed by atoms with van der Waals surface area (Å²) in [5.74, 6) is -1.10. The number of nitrogens with one attached hydrogen (secondary N) is 1. The van der Waals surface area contributed by atoms with E-state index in [1.807, 2.05) is 19.1 Å². The summed E-state index contributed by atoms with van der Waals surface area (Å²) in [6.07, 6.45) is 3.86. The normalized spacial score (nSPS) is 12.4. The molecule has 1 N–H and O–H groups in total. The number of hydrogen-bond acceptors (Lipinski definition) is 2. The number of pyridine rings is 1. The van der Waals surface area contributed by atoms with Gasteiger partial charge in [-0.15, -0.1) is 0 Å². The average Bonchev–Trinajstić information content (AvgIpc) is 2.45. The molecule has 1 heterocycles. The summed E-state index contributed by atoms with van der Waals surface area (Å²) >= 11 is 3.10. The van der Waals surface area contributed by atoms with E-state index in [0.29, 0.717) is 13.0 Å². The van der Waals surface area contributed by atoms with Crippen molar-refractivity contribution in [2.24, 2.45) is 0 Å². The first-order valence-corrected chi connectivity index (χ1v) is 7.18. The first kappa shape index (κ1) is 15.1. The van der Waals surface area contributed by atoms with E-state index in [-0.39, 0.29) is 10.0 Å². The second kappa shape index (κ2) is 6.90. The highest BCUT2D eigenvalue weighted by molar-refractivity contribution is 9.10. The van der Waals surface area contributed by atoms with Crippen LogP contribution in [0.25, 0.3) is 0 Å². The van der Waals surface area contributed by atoms with Crippen molar-refractivity contribution >= 4 is 15.9 Å². The van der Waals surface area contributed by atoms with Gasteiger partial charge in [-0.1, -0.05) is 13.0 Å². The number of hydrogen-bond donors (Lipinski definition) is 1. The summed E-state index contributed by atoms with van der Waals surface area (Å²) in [6.45, 7) is 2.53. The minimum absolute atomic E-state index is 0.0603. The number of halogens is 3. The van der Waals surface area contributed by atoms with Gasteiger partial charge >= 0.3 is 0 Å². The van der Waals surface area contributed by atoms with Gasteiger partial charge in [-0.05, 0) is 52.7 Å². The molecular formula is C15H15BrF2N2. The molecule has 0 aliphatic heterocycles. The zero-order valence-corrected chi connectivity index (χ0v) is 12.6. The maximum atomic E-state index is 14.2. The van der Waals surface area contributed by atoms with Crippen LogP contribution in [0.1, 0.15) is 24.1 Å². The maximum absolute atomic E-state index is 14.2. The molecule has 0 amide bonds. The van der Waals surface area contributed by atoms with E-state index in [1.165, 1.54) is 12.1 Å². The van der Waals surface area contributed by atoms with Gasteiger partial charge in [-0.2, -0.15) is 0 Å². The fourth-order valence-electron chi connectivity index (χ4n) is 2.14. The van der Waals surface area contributed by atoms with Crippen molar-refractivity contribution in [2.75, 3.05) is 6.54 Å². The highest BCUT2D eigenvalue weighted by Crippen LogP contribution is 2.28. The molecule has 2 aromatic rings. The second-order valence-corrected chi connectivity index (χ2v) is 5.29. The lowest BCUT2D eigenvalue weighted by atomic mass is 9.98. The Morgan fingerprint density at radius 2 is 2.10 bits per heavy atom. The third kappa shape index (κ3) is 3.41. The maximum Gasteiger partial charge on any atom is 0.145 e. The van der Waals surface area contributed by atoms with Gasteiger partial charge in [0, 0.05) is 24.0 Å². The number of aromatic nitrogens is 1. The van der Waals surface area contributed by atoms with Gasteiger partial charge in [-0.3, -0.25) is 4.98 Å². The Balaban J connectivity index is 2.36. The number of likely N-dealkylation sites (N-methyl/N-ethyl adjacent to an activating group) is 1. The lowest BCUT2D eigenvalue weighted by molar-refractivity contribution is 0.470. The molecule has 106 valence electrons. The van der Waals surface area contributed by atoms with Gasteiger partial charge in [0.05, 0.1) is 4.47 Å². The standard InChI is InChI=1S/C15H15BrF2N2/c1-2-20-13(8-10-4-3-7-19-9-10)14-12(17)6-5-11(16)15(14)18/h3-7,9,13,20H,2,8H2,1H3. The van der Waals surface area contributed by atoms with E-state index in [2.05, 4.69) is 26.2 Å². The molecule has 0 radical (unpaired) electrons. The predicted molar refractivity (Wildman–Crippen MR) is 78.4 cm³/mol. The first-order chi connectivity index (χ1) is 9.63. The van der Waals surface area contributed by atoms with E-state index in [9.17, 15) is 8.78 Å². The SMILES string of the molecule is CCNC(Cc1cccnc1)c1c(F)ccc(Br)c1F. The molecule has 0 fully saturated rings. The molecule has 1 aromatic carbocycles. The molecule has 1 aromatic heterocycles. The second-order valence-electron chi connectivity index (χ2n) is 4.43. The predicted octanol–water partition coefficient (Wildman–Crippen LogP) is 4.02. The molecule has 0 aliphatic carbocycles. The molecule has 1 unspecified atom stereocenters. The minimum Gasteiger partial charge on any atom is -0.310 e. The quantitative estimate of drug-likeness (QED) is 0.831. The van der Waals surface area contributed by atoms with Crippen molar-refractivity contribution in [3.63, 3.8) is 0 Å². The summed E-state index contributed by atoms with van der Waals surface area (Å²) in [7, 11) is 0. The smallest absolute Gasteiger partial charge is 0.145 e. The summed E-state index contributed by atoms with van der Waals surface area (Å²) in [5, 5.41) is 3.13. The lowest BCUT2D eigenvalue weighted by Crippen LogP contribution is -2.25. The third-order valence-corrected chi connectivity index (χ3v) is 3.65. The van der Waals surface area contributed by atoms with Crippen LogP contribution in [0.3, 0.4) is 0 Å². The van der Waals surface area contributed by atoms with Crippen molar-refractivity contribution in [3.8, 4) is 0 Å². The van der Waals surface area contributed by atoms with Crippen molar-refractivity contribution in [1.82, 2.24) is 10.3 Å². The molecule has 1 atom stereocenters. The van der Waals surface area contributed by atoms with Crippen molar-refractivity contribution in [2.45, 2.75) is 19.4 Å². The minimum atomic E-state index is -0.556. The zero-order chi connectivity index (χ0) is 14.5. The molecule has 0 bridgehead atoms. The van der Waals surface area contributed by atoms with Gasteiger partial charge < -0.3 is 5.32 Å². The van der Waals surface area contributed by atoms with Crippen molar-refractivity contribution < 1.29 is 8.78 Å². The fourth-order valence-corrected chi connectivity index (χ4v) is 2.49. The summed E-state index contributed by atoms with van der Waals surface area (Å²) in [4.78, 5) is 4.03. The van der Waals surface area contributed by atoms with E-state index in [0.717, 1.165) is 5.56 Å². The molecule has 0 spiro atoms. The van der Waals surface area contributed by atoms with Gasteiger partial charge in [0.25, 0.3) is 0 Å². The van der Waals surface area contributed by atoms with Crippen LogP contribution in [-0.2, 0) is 6.42 Å². The van der Waals surface area contributed by atoms with Crippen LogP contribution in [-0.4, -0.2) is 11.5 Å². The largest absolute Gasteiger partial charge is 0.310 e. The summed E-state index contributed by atoms with van der Waals surface area (Å²) in [5.41, 5.74) is 0.988. The summed E-state index contributed by atoms with van der Waals surface area (Å²) < 4.78 is 28.5. The molecular weight excluding hydrogens is 326 g/mol. The van der Waals surface area contributed by atoms with E-state index < -0.39 is 17.7 Å². The van der Waals surface area contributed by atoms with Gasteiger partial charge in [0.15, 0.2) is 0 Å². The van der Waals surface area contributed by atoms with Crippen LogP contribution >= 0.6 is 15.9 Å². The van der Waals surface area contributed by atoms with Crippen LogP contribution in [0, 0.1) is 11.6 Å². The van der Waals surface area contributed by atoms with E-state index in [4.69, 9.17) is 0 Å². The van der Waals surface area contributed by atoms with Gasteiger partial charge in [-0.25, -0.2) is 8.78 Å². The topological polar surface area (TPSA) is 24.9 Å². The van der Waals surface area contributed by atoms with Crippen LogP contribution in [0.2, 0.25) is 0 Å². The Hall–Kier alpha value is -1.33. The molecule has 5 heteroatoms. The molecule has 0 saturated carbocycles. The Morgan fingerprint density at radius 1 is 1.30 bits per heavy atom. The number of benzene rings is 1. The first-order valence-electron chi connectivity index (χ1n) is 6.39. The summed E-state index contributed by atoms with van der Waals surface area (Å²) in [6, 6.07) is 5.93. The fraction of sp³-hybridized carbons (Fsp3) is 0.267. The van der Waals surface area contributed by atoms with Crippen LogP contribution < -0.4 is 5.32 Å². The van der Waals surface area contributed by atoms with Crippen LogP contribution in [0.4, 0.5) is 8.78 Å². The van der Waals surface area contributed by atoms with Crippen LogP contribution in [0.15, 0.2) is 41.1 Å². The Bertz CT molecular complexity index is 576.